The molecule has 1 aromatic carbocycles. The van der Waals surface area contributed by atoms with Crippen LogP contribution in [0.1, 0.15) is 24.8 Å². The van der Waals surface area contributed by atoms with Crippen LogP contribution in [0.5, 0.6) is 0 Å². The normalized spacial score (nSPS) is 26.1. The van der Waals surface area contributed by atoms with Crippen LogP contribution < -0.4 is 5.73 Å². The Kier molecular flexibility index (Phi) is 4.71. The van der Waals surface area contributed by atoms with Crippen LogP contribution in [0.2, 0.25) is 0 Å². The summed E-state index contributed by atoms with van der Waals surface area (Å²) in [6.45, 7) is 6.13. The van der Waals surface area contributed by atoms with Gasteiger partial charge < -0.3 is 10.6 Å². The topological polar surface area (TPSA) is 32.5 Å². The molecule has 20 heavy (non-hydrogen) atoms. The minimum Gasteiger partial charge on any atom is -0.328 e. The van der Waals surface area contributed by atoms with Gasteiger partial charge >= 0.3 is 0 Å². The number of piperidine rings is 1. The number of rotatable bonds is 4. The lowest BCUT2D eigenvalue weighted by molar-refractivity contribution is 0.152. The molecule has 0 amide bonds. The number of nitrogens with two attached hydrogens (primary N) is 1. The van der Waals surface area contributed by atoms with Crippen LogP contribution in [0.15, 0.2) is 30.3 Å². The summed E-state index contributed by atoms with van der Waals surface area (Å²) in [6.07, 6.45) is 4.88. The standard InChI is InChI=1S/C17H27N3/c18-16-7-12-20(13-8-16)17-9-11-19(14-17)10-6-15-4-2-1-3-5-15/h1-5,16-17H,6-14,18H2. The molecule has 3 nitrogen and oxygen atoms in total. The maximum Gasteiger partial charge on any atom is 0.0235 e. The average Bonchev–Trinajstić information content (AvgIpc) is 2.96. The van der Waals surface area contributed by atoms with Crippen molar-refractivity contribution in [3.63, 3.8) is 0 Å². The zero-order valence-electron chi connectivity index (χ0n) is 12.4. The highest BCUT2D eigenvalue weighted by molar-refractivity contribution is 5.14. The van der Waals surface area contributed by atoms with Gasteiger partial charge in [0.1, 0.15) is 0 Å². The first-order chi connectivity index (χ1) is 9.81. The fraction of sp³-hybridized carbons (Fsp3) is 0.647. The number of hydrogen-bond donors (Lipinski definition) is 1. The molecule has 2 heterocycles. The molecule has 3 rings (SSSR count). The van der Waals surface area contributed by atoms with E-state index in [1.54, 1.807) is 0 Å². The molecule has 3 heteroatoms. The maximum atomic E-state index is 6.00. The van der Waals surface area contributed by atoms with Gasteiger partial charge in [-0.2, -0.15) is 0 Å². The molecule has 110 valence electrons. The summed E-state index contributed by atoms with van der Waals surface area (Å²) in [4.78, 5) is 5.30. The second kappa shape index (κ2) is 6.70. The second-order valence-corrected chi connectivity index (χ2v) is 6.35. The van der Waals surface area contributed by atoms with Crippen LogP contribution in [0.4, 0.5) is 0 Å². The van der Waals surface area contributed by atoms with Crippen molar-refractivity contribution in [2.75, 3.05) is 32.7 Å². The Labute approximate surface area is 122 Å². The largest absolute Gasteiger partial charge is 0.328 e. The molecule has 0 spiro atoms. The van der Waals surface area contributed by atoms with E-state index in [4.69, 9.17) is 5.73 Å². The van der Waals surface area contributed by atoms with Crippen molar-refractivity contribution >= 4 is 0 Å². The van der Waals surface area contributed by atoms with Crippen molar-refractivity contribution in [1.82, 2.24) is 9.80 Å². The molecule has 0 bridgehead atoms. The smallest absolute Gasteiger partial charge is 0.0235 e. The van der Waals surface area contributed by atoms with Crippen molar-refractivity contribution in [3.8, 4) is 0 Å². The fourth-order valence-electron chi connectivity index (χ4n) is 3.53. The van der Waals surface area contributed by atoms with Crippen LogP contribution in [0, 0.1) is 0 Å². The van der Waals surface area contributed by atoms with Crippen molar-refractivity contribution in [2.45, 2.75) is 37.8 Å². The van der Waals surface area contributed by atoms with E-state index in [9.17, 15) is 0 Å². The van der Waals surface area contributed by atoms with Crippen molar-refractivity contribution in [2.24, 2.45) is 5.73 Å². The molecule has 0 radical (unpaired) electrons. The van der Waals surface area contributed by atoms with Gasteiger partial charge in [-0.1, -0.05) is 30.3 Å². The van der Waals surface area contributed by atoms with E-state index in [1.807, 2.05) is 0 Å². The lowest BCUT2D eigenvalue weighted by Crippen LogP contribution is -2.46. The predicted molar refractivity (Wildman–Crippen MR) is 83.8 cm³/mol. The van der Waals surface area contributed by atoms with E-state index in [1.165, 1.54) is 64.0 Å². The summed E-state index contributed by atoms with van der Waals surface area (Å²) >= 11 is 0. The quantitative estimate of drug-likeness (QED) is 0.907. The van der Waals surface area contributed by atoms with Crippen LogP contribution in [0.25, 0.3) is 0 Å². The Morgan fingerprint density at radius 3 is 2.50 bits per heavy atom. The summed E-state index contributed by atoms with van der Waals surface area (Å²) < 4.78 is 0. The summed E-state index contributed by atoms with van der Waals surface area (Å²) in [5.41, 5.74) is 7.46. The number of hydrogen-bond acceptors (Lipinski definition) is 3. The zero-order valence-corrected chi connectivity index (χ0v) is 12.4. The van der Waals surface area contributed by atoms with E-state index in [0.29, 0.717) is 6.04 Å². The van der Waals surface area contributed by atoms with Crippen LogP contribution in [-0.2, 0) is 6.42 Å². The van der Waals surface area contributed by atoms with Gasteiger partial charge in [-0.15, -0.1) is 0 Å². The van der Waals surface area contributed by atoms with Crippen LogP contribution >= 0.6 is 0 Å². The highest BCUT2D eigenvalue weighted by Gasteiger charge is 2.29. The first-order valence-corrected chi connectivity index (χ1v) is 8.07. The van der Waals surface area contributed by atoms with Gasteiger partial charge in [-0.05, 0) is 50.9 Å². The Morgan fingerprint density at radius 2 is 1.75 bits per heavy atom. The molecule has 1 unspecified atom stereocenters. The van der Waals surface area contributed by atoms with E-state index in [-0.39, 0.29) is 0 Å². The SMILES string of the molecule is NC1CCN(C2CCN(CCc3ccccc3)C2)CC1. The van der Waals surface area contributed by atoms with Crippen LogP contribution in [-0.4, -0.2) is 54.6 Å². The number of likely N-dealkylation sites (tertiary alicyclic amines) is 2. The third-order valence-electron chi connectivity index (χ3n) is 4.90. The third-order valence-corrected chi connectivity index (χ3v) is 4.90. The second-order valence-electron chi connectivity index (χ2n) is 6.35. The molecule has 2 fully saturated rings. The van der Waals surface area contributed by atoms with Gasteiger partial charge in [0.05, 0.1) is 0 Å². The molecule has 0 aliphatic carbocycles. The van der Waals surface area contributed by atoms with Gasteiger partial charge in [0, 0.05) is 25.2 Å². The highest BCUT2D eigenvalue weighted by atomic mass is 15.3. The summed E-state index contributed by atoms with van der Waals surface area (Å²) in [7, 11) is 0. The maximum absolute atomic E-state index is 6.00. The molecule has 2 aliphatic heterocycles. The molecule has 2 aliphatic rings. The Hall–Kier alpha value is -0.900. The predicted octanol–water partition coefficient (Wildman–Crippen LogP) is 1.73. The lowest BCUT2D eigenvalue weighted by atomic mass is 10.0. The fourth-order valence-corrected chi connectivity index (χ4v) is 3.53. The Morgan fingerprint density at radius 1 is 1.00 bits per heavy atom. The minimum atomic E-state index is 0.446. The summed E-state index contributed by atoms with van der Waals surface area (Å²) in [5.74, 6) is 0. The van der Waals surface area contributed by atoms with Gasteiger partial charge in [0.25, 0.3) is 0 Å². The van der Waals surface area contributed by atoms with Gasteiger partial charge in [-0.3, -0.25) is 4.90 Å². The van der Waals surface area contributed by atoms with Crippen molar-refractivity contribution < 1.29 is 0 Å². The first kappa shape index (κ1) is 14.1. The Bertz CT molecular complexity index is 398. The van der Waals surface area contributed by atoms with E-state index in [2.05, 4.69) is 40.1 Å². The first-order valence-electron chi connectivity index (χ1n) is 8.07. The van der Waals surface area contributed by atoms with E-state index >= 15 is 0 Å². The van der Waals surface area contributed by atoms with Gasteiger partial charge in [0.15, 0.2) is 0 Å². The van der Waals surface area contributed by atoms with Gasteiger partial charge in [-0.25, -0.2) is 0 Å². The number of benzene rings is 1. The lowest BCUT2D eigenvalue weighted by Gasteiger charge is -2.34. The summed E-state index contributed by atoms with van der Waals surface area (Å²) in [6, 6.07) is 12.1. The van der Waals surface area contributed by atoms with E-state index < -0.39 is 0 Å². The minimum absolute atomic E-state index is 0.446. The molecule has 0 aromatic heterocycles. The third kappa shape index (κ3) is 3.60. The summed E-state index contributed by atoms with van der Waals surface area (Å²) in [5, 5.41) is 0. The van der Waals surface area contributed by atoms with Crippen molar-refractivity contribution in [1.29, 1.82) is 0 Å². The van der Waals surface area contributed by atoms with E-state index in [0.717, 1.165) is 6.04 Å². The van der Waals surface area contributed by atoms with Crippen molar-refractivity contribution in [3.05, 3.63) is 35.9 Å². The average molecular weight is 273 g/mol. The molecule has 1 aromatic rings. The highest BCUT2D eigenvalue weighted by Crippen LogP contribution is 2.20. The molecule has 2 N–H and O–H groups in total. The molecule has 1 atom stereocenters. The molecular formula is C17H27N3. The monoisotopic (exact) mass is 273 g/mol. The Balaban J connectivity index is 1.43. The van der Waals surface area contributed by atoms with Crippen LogP contribution in [0.3, 0.4) is 0 Å². The molecule has 2 saturated heterocycles. The molecular weight excluding hydrogens is 246 g/mol. The number of nitrogens with zero attached hydrogens (tertiary/aromatic N) is 2. The molecule has 0 saturated carbocycles. The zero-order chi connectivity index (χ0) is 13.8. The van der Waals surface area contributed by atoms with Gasteiger partial charge in [0.2, 0.25) is 0 Å².